The molecule has 0 atom stereocenters. The van der Waals surface area contributed by atoms with Crippen LogP contribution in [0.4, 0.5) is 17.6 Å². The maximum atomic E-state index is 14.0. The molecule has 1 heterocycles. The monoisotopic (exact) mass is 264 g/mol. The van der Waals surface area contributed by atoms with Crippen molar-refractivity contribution >= 4 is 0 Å². The predicted octanol–water partition coefficient (Wildman–Crippen LogP) is 3.92. The van der Waals surface area contributed by atoms with Crippen LogP contribution in [0.5, 0.6) is 0 Å². The maximum absolute atomic E-state index is 14.0. The Morgan fingerprint density at radius 1 is 1.06 bits per heavy atom. The second-order valence-corrected chi connectivity index (χ2v) is 5.80. The van der Waals surface area contributed by atoms with Crippen molar-refractivity contribution in [1.29, 1.82) is 0 Å². The lowest BCUT2D eigenvalue weighted by atomic mass is 9.88. The predicted molar refractivity (Wildman–Crippen MR) is 59.0 cm³/mol. The molecule has 0 saturated carbocycles. The zero-order chi connectivity index (χ0) is 13.9. The summed E-state index contributed by atoms with van der Waals surface area (Å²) in [6.45, 7) is 6.37. The van der Waals surface area contributed by atoms with Gasteiger partial charge in [-0.05, 0) is 27.7 Å². The summed E-state index contributed by atoms with van der Waals surface area (Å²) in [4.78, 5) is 0. The van der Waals surface area contributed by atoms with Gasteiger partial charge in [-0.25, -0.2) is 8.78 Å². The fraction of sp³-hybridized carbons (Fsp3) is 0.750. The van der Waals surface area contributed by atoms with Crippen LogP contribution < -0.4 is 0 Å². The van der Waals surface area contributed by atoms with Gasteiger partial charge in [-0.2, -0.15) is 13.9 Å². The summed E-state index contributed by atoms with van der Waals surface area (Å²) >= 11 is 0. The van der Waals surface area contributed by atoms with Gasteiger partial charge in [-0.1, -0.05) is 0 Å². The molecule has 0 bridgehead atoms. The molecule has 0 aliphatic heterocycles. The topological polar surface area (TPSA) is 17.8 Å². The fourth-order valence-electron chi connectivity index (χ4n) is 2.35. The molecular weight excluding hydrogens is 248 g/mol. The van der Waals surface area contributed by atoms with Gasteiger partial charge >= 0.3 is 0 Å². The first-order valence-corrected chi connectivity index (χ1v) is 5.83. The quantitative estimate of drug-likeness (QED) is 0.649. The van der Waals surface area contributed by atoms with Gasteiger partial charge < -0.3 is 0 Å². The third kappa shape index (κ3) is 1.82. The summed E-state index contributed by atoms with van der Waals surface area (Å²) in [5.41, 5.74) is -1.98. The molecule has 102 valence electrons. The number of aryl methyl sites for hydroxylation is 1. The largest absolute Gasteiger partial charge is 0.290 e. The third-order valence-corrected chi connectivity index (χ3v) is 3.16. The van der Waals surface area contributed by atoms with Crippen molar-refractivity contribution in [2.75, 3.05) is 0 Å². The second kappa shape index (κ2) is 3.48. The number of hydrogen-bond donors (Lipinski definition) is 0. The van der Waals surface area contributed by atoms with Gasteiger partial charge in [0.1, 0.15) is 5.69 Å². The van der Waals surface area contributed by atoms with E-state index in [0.29, 0.717) is 0 Å². The molecule has 18 heavy (non-hydrogen) atoms. The van der Waals surface area contributed by atoms with Crippen molar-refractivity contribution in [3.8, 4) is 0 Å². The van der Waals surface area contributed by atoms with Gasteiger partial charge in [0.2, 0.25) is 0 Å². The van der Waals surface area contributed by atoms with Gasteiger partial charge in [-0.3, -0.25) is 4.68 Å². The van der Waals surface area contributed by atoms with Crippen LogP contribution in [-0.2, 0) is 17.4 Å². The van der Waals surface area contributed by atoms with E-state index in [1.165, 1.54) is 6.92 Å². The molecule has 0 saturated heterocycles. The molecule has 1 aliphatic rings. The van der Waals surface area contributed by atoms with Crippen molar-refractivity contribution in [3.05, 3.63) is 17.0 Å². The van der Waals surface area contributed by atoms with Gasteiger partial charge in [0.15, 0.2) is 0 Å². The van der Waals surface area contributed by atoms with E-state index in [4.69, 9.17) is 0 Å². The van der Waals surface area contributed by atoms with E-state index in [2.05, 4.69) is 5.10 Å². The number of nitrogens with zero attached hydrogens (tertiary/aromatic N) is 2. The normalized spacial score (nSPS) is 21.8. The maximum Gasteiger partial charge on any atom is 0.290 e. The highest BCUT2D eigenvalue weighted by Gasteiger charge is 2.54. The molecule has 2 rings (SSSR count). The number of alkyl halides is 4. The van der Waals surface area contributed by atoms with Gasteiger partial charge in [-0.15, -0.1) is 0 Å². The number of aromatic nitrogens is 2. The molecule has 1 aromatic rings. The lowest BCUT2D eigenvalue weighted by Crippen LogP contribution is -2.36. The van der Waals surface area contributed by atoms with Gasteiger partial charge in [0.05, 0.1) is 16.8 Å². The molecule has 0 fully saturated rings. The van der Waals surface area contributed by atoms with E-state index in [1.807, 2.05) is 0 Å². The first-order chi connectivity index (χ1) is 7.97. The number of fused-ring (bicyclic) bond motifs is 1. The van der Waals surface area contributed by atoms with E-state index in [1.54, 1.807) is 20.8 Å². The lowest BCUT2D eigenvalue weighted by molar-refractivity contribution is -0.102. The molecular formula is C12H16F4N2. The molecule has 0 aromatic carbocycles. The average molecular weight is 264 g/mol. The van der Waals surface area contributed by atoms with Crippen molar-refractivity contribution in [3.63, 3.8) is 0 Å². The third-order valence-electron chi connectivity index (χ3n) is 3.16. The van der Waals surface area contributed by atoms with Gasteiger partial charge in [0.25, 0.3) is 11.8 Å². The van der Waals surface area contributed by atoms with Crippen molar-refractivity contribution < 1.29 is 17.6 Å². The second-order valence-electron chi connectivity index (χ2n) is 5.80. The summed E-state index contributed by atoms with van der Waals surface area (Å²) in [6.07, 6.45) is -1.67. The molecule has 0 amide bonds. The van der Waals surface area contributed by atoms with Crippen LogP contribution >= 0.6 is 0 Å². The highest BCUT2D eigenvalue weighted by atomic mass is 19.3. The molecule has 0 N–H and O–H groups in total. The Morgan fingerprint density at radius 3 is 2.06 bits per heavy atom. The average Bonchev–Trinajstić information content (AvgIpc) is 2.53. The molecule has 0 unspecified atom stereocenters. The highest BCUT2D eigenvalue weighted by molar-refractivity contribution is 5.36. The smallest absolute Gasteiger partial charge is 0.257 e. The van der Waals surface area contributed by atoms with Crippen LogP contribution in [0.3, 0.4) is 0 Å². The minimum Gasteiger partial charge on any atom is -0.257 e. The minimum absolute atomic E-state index is 0.00991. The Kier molecular flexibility index (Phi) is 2.59. The van der Waals surface area contributed by atoms with Crippen molar-refractivity contribution in [2.24, 2.45) is 0 Å². The Morgan fingerprint density at radius 2 is 1.56 bits per heavy atom. The summed E-state index contributed by atoms with van der Waals surface area (Å²) in [5, 5.41) is 3.91. The molecule has 1 aliphatic carbocycles. The van der Waals surface area contributed by atoms with Crippen LogP contribution in [0.15, 0.2) is 0 Å². The Bertz CT molecular complexity index is 483. The summed E-state index contributed by atoms with van der Waals surface area (Å²) in [6, 6.07) is 0. The summed E-state index contributed by atoms with van der Waals surface area (Å²) < 4.78 is 56.6. The summed E-state index contributed by atoms with van der Waals surface area (Å²) in [7, 11) is 0. The first kappa shape index (κ1) is 13.4. The first-order valence-electron chi connectivity index (χ1n) is 5.83. The van der Waals surface area contributed by atoms with E-state index in [0.717, 1.165) is 4.68 Å². The molecule has 6 heteroatoms. The van der Waals surface area contributed by atoms with Crippen LogP contribution in [0, 0.1) is 6.92 Å². The van der Waals surface area contributed by atoms with Crippen LogP contribution in [0.25, 0.3) is 0 Å². The van der Waals surface area contributed by atoms with E-state index in [-0.39, 0.29) is 5.69 Å². The molecule has 0 radical (unpaired) electrons. The highest BCUT2D eigenvalue weighted by Crippen LogP contribution is 2.51. The zero-order valence-electron chi connectivity index (χ0n) is 10.8. The van der Waals surface area contributed by atoms with Crippen molar-refractivity contribution in [2.45, 2.75) is 57.9 Å². The number of hydrogen-bond acceptors (Lipinski definition) is 1. The minimum atomic E-state index is -3.24. The van der Waals surface area contributed by atoms with E-state index in [9.17, 15) is 17.6 Å². The number of halogens is 4. The van der Waals surface area contributed by atoms with Crippen LogP contribution in [0.2, 0.25) is 0 Å². The van der Waals surface area contributed by atoms with Crippen molar-refractivity contribution in [1.82, 2.24) is 9.78 Å². The van der Waals surface area contributed by atoms with Gasteiger partial charge in [0, 0.05) is 12.8 Å². The Balaban J connectivity index is 2.78. The van der Waals surface area contributed by atoms with Crippen LogP contribution in [0.1, 0.15) is 50.6 Å². The van der Waals surface area contributed by atoms with E-state index >= 15 is 0 Å². The molecule has 0 spiro atoms. The van der Waals surface area contributed by atoms with Crippen LogP contribution in [-0.4, -0.2) is 9.78 Å². The summed E-state index contributed by atoms with van der Waals surface area (Å²) in [5.74, 6) is -6.46. The Hall–Kier alpha value is -1.07. The SMILES string of the molecule is Cc1nn(C(C)(C)C)c2c1C(F)(F)CCC2(F)F. The standard InChI is InChI=1S/C12H16F4N2/c1-7-8-9(18(17-7)10(2,3)4)12(15,16)6-5-11(8,13)14/h5-6H2,1-4H3. The molecule has 1 aromatic heterocycles. The number of rotatable bonds is 0. The fourth-order valence-corrected chi connectivity index (χ4v) is 2.35. The zero-order valence-corrected chi connectivity index (χ0v) is 10.8. The Labute approximate surface area is 103 Å². The molecule has 2 nitrogen and oxygen atoms in total. The van der Waals surface area contributed by atoms with E-state index < -0.39 is 41.5 Å². The lowest BCUT2D eigenvalue weighted by Gasteiger charge is -2.32.